The van der Waals surface area contributed by atoms with Crippen LogP contribution in [0, 0.1) is 0 Å². The summed E-state index contributed by atoms with van der Waals surface area (Å²) in [5, 5.41) is 3.88. The second-order valence-electron chi connectivity index (χ2n) is 11.6. The molecule has 1 aliphatic heterocycles. The van der Waals surface area contributed by atoms with Crippen LogP contribution in [0.3, 0.4) is 0 Å². The molecule has 1 aromatic carbocycles. The summed E-state index contributed by atoms with van der Waals surface area (Å²) in [6.07, 6.45) is -1.33. The second kappa shape index (κ2) is 13.6. The van der Waals surface area contributed by atoms with Crippen molar-refractivity contribution in [3.8, 4) is 0 Å². The number of nitrogens with one attached hydrogen (secondary N) is 2. The number of alkyl carbamates (subject to hydrolysis) is 1. The lowest BCUT2D eigenvalue weighted by atomic mass is 9.84. The molecule has 1 heterocycles. The summed E-state index contributed by atoms with van der Waals surface area (Å²) in [6.45, 7) is 11.5. The van der Waals surface area contributed by atoms with Crippen molar-refractivity contribution in [2.75, 3.05) is 26.2 Å². The molecule has 12 nitrogen and oxygen atoms in total. The van der Waals surface area contributed by atoms with Crippen molar-refractivity contribution < 1.29 is 38.2 Å². The number of nitrogens with zero attached hydrogens (tertiary/aromatic N) is 2. The number of esters is 1. The van der Waals surface area contributed by atoms with E-state index in [1.165, 1.54) is 16.8 Å². The Morgan fingerprint density at radius 1 is 0.925 bits per heavy atom. The van der Waals surface area contributed by atoms with Crippen molar-refractivity contribution in [2.24, 2.45) is 0 Å². The van der Waals surface area contributed by atoms with Crippen LogP contribution < -0.4 is 10.7 Å². The first-order valence-corrected chi connectivity index (χ1v) is 13.3. The summed E-state index contributed by atoms with van der Waals surface area (Å²) in [6, 6.07) is 9.05. The van der Waals surface area contributed by atoms with Gasteiger partial charge in [0.05, 0.1) is 0 Å². The standard InChI is InChI=1S/C28H42N4O8/c1-20(33)28(14-11-15-29-24(36)40-27(5,6)7)23(35)31(18-22(34)39-26(2,3)4)16-17-32(28)30-25(37)38-19-21-12-9-8-10-13-21/h8-10,12-13H,11,14-19H2,1-7H3,(H,29,36)(H,30,37)/t28-/m0/s1. The molecular weight excluding hydrogens is 520 g/mol. The fourth-order valence-corrected chi connectivity index (χ4v) is 4.19. The second-order valence-corrected chi connectivity index (χ2v) is 11.6. The molecule has 1 aromatic rings. The van der Waals surface area contributed by atoms with E-state index in [4.69, 9.17) is 14.2 Å². The predicted molar refractivity (Wildman–Crippen MR) is 146 cm³/mol. The first kappa shape index (κ1) is 32.5. The van der Waals surface area contributed by atoms with E-state index in [0.717, 1.165) is 5.56 Å². The number of carbonyl (C=O) groups is 5. The smallest absolute Gasteiger partial charge is 0.422 e. The maximum absolute atomic E-state index is 13.8. The van der Waals surface area contributed by atoms with Crippen molar-refractivity contribution in [3.05, 3.63) is 35.9 Å². The number of Topliss-reactive ketones (excluding diaryl/α,β-unsaturated/α-hetero) is 1. The van der Waals surface area contributed by atoms with E-state index in [2.05, 4.69) is 10.7 Å². The van der Waals surface area contributed by atoms with Gasteiger partial charge in [-0.05, 0) is 66.9 Å². The number of rotatable bonds is 10. The van der Waals surface area contributed by atoms with E-state index >= 15 is 0 Å². The summed E-state index contributed by atoms with van der Waals surface area (Å²) in [7, 11) is 0. The zero-order chi connectivity index (χ0) is 30.1. The molecule has 0 bridgehead atoms. The van der Waals surface area contributed by atoms with Gasteiger partial charge in [-0.3, -0.25) is 19.8 Å². The minimum atomic E-state index is -1.83. The van der Waals surface area contributed by atoms with Crippen molar-refractivity contribution in [1.29, 1.82) is 0 Å². The number of benzene rings is 1. The summed E-state index contributed by atoms with van der Waals surface area (Å²) >= 11 is 0. The van der Waals surface area contributed by atoms with Crippen LogP contribution in [-0.4, -0.2) is 82.7 Å². The maximum atomic E-state index is 13.8. The highest BCUT2D eigenvalue weighted by molar-refractivity contribution is 6.10. The third-order valence-electron chi connectivity index (χ3n) is 5.84. The van der Waals surface area contributed by atoms with Crippen LogP contribution in [0.25, 0.3) is 0 Å². The highest BCUT2D eigenvalue weighted by atomic mass is 16.6. The van der Waals surface area contributed by atoms with Crippen LogP contribution in [0.2, 0.25) is 0 Å². The highest BCUT2D eigenvalue weighted by Gasteiger charge is 2.54. The molecule has 12 heteroatoms. The van der Waals surface area contributed by atoms with E-state index in [-0.39, 0.29) is 45.6 Å². The van der Waals surface area contributed by atoms with E-state index in [1.807, 2.05) is 18.2 Å². The van der Waals surface area contributed by atoms with Crippen molar-refractivity contribution in [2.45, 2.75) is 84.7 Å². The first-order valence-electron chi connectivity index (χ1n) is 13.3. The highest BCUT2D eigenvalue weighted by Crippen LogP contribution is 2.29. The van der Waals surface area contributed by atoms with Gasteiger partial charge in [0.25, 0.3) is 5.91 Å². The monoisotopic (exact) mass is 562 g/mol. The van der Waals surface area contributed by atoms with Crippen LogP contribution in [-0.2, 0) is 35.2 Å². The topological polar surface area (TPSA) is 144 Å². The van der Waals surface area contributed by atoms with Crippen molar-refractivity contribution in [3.63, 3.8) is 0 Å². The molecule has 222 valence electrons. The van der Waals surface area contributed by atoms with Gasteiger partial charge >= 0.3 is 18.2 Å². The molecule has 0 radical (unpaired) electrons. The Labute approximate surface area is 235 Å². The number of carbonyl (C=O) groups excluding carboxylic acids is 5. The van der Waals surface area contributed by atoms with Gasteiger partial charge in [0, 0.05) is 19.6 Å². The molecule has 1 saturated heterocycles. The third-order valence-corrected chi connectivity index (χ3v) is 5.84. The molecule has 0 unspecified atom stereocenters. The molecule has 0 aromatic heterocycles. The zero-order valence-electron chi connectivity index (χ0n) is 24.5. The minimum absolute atomic E-state index is 0.00783. The summed E-state index contributed by atoms with van der Waals surface area (Å²) < 4.78 is 15.9. The molecule has 3 amide bonds. The normalized spacial score (nSPS) is 18.1. The Hall–Kier alpha value is -3.67. The maximum Gasteiger partial charge on any atom is 0.422 e. The molecule has 1 fully saturated rings. The number of amides is 3. The molecular formula is C28H42N4O8. The molecule has 40 heavy (non-hydrogen) atoms. The zero-order valence-corrected chi connectivity index (χ0v) is 24.5. The van der Waals surface area contributed by atoms with Gasteiger partial charge in [0.15, 0.2) is 11.3 Å². The summed E-state index contributed by atoms with van der Waals surface area (Å²) in [4.78, 5) is 65.5. The summed E-state index contributed by atoms with van der Waals surface area (Å²) in [5.41, 5.74) is 0.0538. The van der Waals surface area contributed by atoms with E-state index in [9.17, 15) is 24.0 Å². The Morgan fingerprint density at radius 2 is 1.55 bits per heavy atom. The molecule has 0 spiro atoms. The SMILES string of the molecule is CC(=O)[C@@]1(CCCNC(=O)OC(C)(C)C)C(=O)N(CC(=O)OC(C)(C)C)CCN1NC(=O)OCc1ccccc1. The number of hydrogen-bond donors (Lipinski definition) is 2. The van der Waals surface area contributed by atoms with Gasteiger partial charge in [-0.25, -0.2) is 9.59 Å². The molecule has 2 N–H and O–H groups in total. The lowest BCUT2D eigenvalue weighted by molar-refractivity contribution is -0.170. The lowest BCUT2D eigenvalue weighted by Gasteiger charge is -2.47. The Bertz CT molecular complexity index is 1060. The first-order chi connectivity index (χ1) is 18.5. The average Bonchev–Trinajstić information content (AvgIpc) is 2.82. The van der Waals surface area contributed by atoms with Crippen molar-refractivity contribution in [1.82, 2.24) is 20.7 Å². The van der Waals surface area contributed by atoms with Crippen LogP contribution in [0.1, 0.15) is 66.9 Å². The lowest BCUT2D eigenvalue weighted by Crippen LogP contribution is -2.73. The Morgan fingerprint density at radius 3 is 2.12 bits per heavy atom. The van der Waals surface area contributed by atoms with Gasteiger partial charge < -0.3 is 24.4 Å². The van der Waals surface area contributed by atoms with Gasteiger partial charge in [0.1, 0.15) is 24.4 Å². The number of hydrogen-bond acceptors (Lipinski definition) is 9. The van der Waals surface area contributed by atoms with E-state index in [1.54, 1.807) is 53.7 Å². The summed E-state index contributed by atoms with van der Waals surface area (Å²) in [5.74, 6) is -1.81. The number of ether oxygens (including phenoxy) is 3. The fraction of sp³-hybridized carbons (Fsp3) is 0.607. The Balaban J connectivity index is 2.21. The van der Waals surface area contributed by atoms with Crippen LogP contribution in [0.5, 0.6) is 0 Å². The molecule has 1 aliphatic rings. The number of ketones is 1. The van der Waals surface area contributed by atoms with Gasteiger partial charge in [-0.1, -0.05) is 30.3 Å². The molecule has 0 saturated carbocycles. The molecule has 1 atom stereocenters. The molecule has 0 aliphatic carbocycles. The van der Waals surface area contributed by atoms with Crippen LogP contribution in [0.4, 0.5) is 9.59 Å². The van der Waals surface area contributed by atoms with E-state index < -0.39 is 46.6 Å². The van der Waals surface area contributed by atoms with Crippen molar-refractivity contribution >= 4 is 29.8 Å². The largest absolute Gasteiger partial charge is 0.459 e. The fourth-order valence-electron chi connectivity index (χ4n) is 4.19. The van der Waals surface area contributed by atoms with Gasteiger partial charge in [-0.2, -0.15) is 5.01 Å². The van der Waals surface area contributed by atoms with Gasteiger partial charge in [0.2, 0.25) is 0 Å². The quantitative estimate of drug-likeness (QED) is 0.190. The average molecular weight is 563 g/mol. The number of piperazine rings is 1. The predicted octanol–water partition coefficient (Wildman–Crippen LogP) is 2.95. The molecule has 2 rings (SSSR count). The minimum Gasteiger partial charge on any atom is -0.459 e. The van der Waals surface area contributed by atoms with Crippen LogP contribution in [0.15, 0.2) is 30.3 Å². The third kappa shape index (κ3) is 9.82. The Kier molecular flexibility index (Phi) is 11.1. The van der Waals surface area contributed by atoms with Crippen LogP contribution >= 0.6 is 0 Å². The van der Waals surface area contributed by atoms with Gasteiger partial charge in [-0.15, -0.1) is 0 Å². The van der Waals surface area contributed by atoms with E-state index in [0.29, 0.717) is 0 Å². The number of hydrazine groups is 1.